The van der Waals surface area contributed by atoms with Gasteiger partial charge in [0.1, 0.15) is 0 Å². The Morgan fingerprint density at radius 3 is 1.59 bits per heavy atom. The van der Waals surface area contributed by atoms with Gasteiger partial charge in [-0.05, 0) is 6.42 Å². The molecule has 1 aromatic rings. The summed E-state index contributed by atoms with van der Waals surface area (Å²) in [7, 11) is 0. The molecule has 1 rings (SSSR count). The van der Waals surface area contributed by atoms with Crippen LogP contribution in [-0.2, 0) is 4.08 Å². The molecule has 0 bridgehead atoms. The summed E-state index contributed by atoms with van der Waals surface area (Å²) in [6.07, 6.45) is 7.76. The molecule has 0 N–H and O–H groups in total. The number of thiol groups is 2. The van der Waals surface area contributed by atoms with Crippen molar-refractivity contribution in [3.63, 3.8) is 0 Å². The molecule has 0 saturated heterocycles. The summed E-state index contributed by atoms with van der Waals surface area (Å²) in [5.41, 5.74) is 0.524. The van der Waals surface area contributed by atoms with Gasteiger partial charge in [-0.3, -0.25) is 0 Å². The van der Waals surface area contributed by atoms with E-state index in [1.54, 1.807) is 0 Å². The second-order valence-electron chi connectivity index (χ2n) is 5.28. The van der Waals surface area contributed by atoms with Crippen LogP contribution in [0.15, 0.2) is 0 Å². The van der Waals surface area contributed by atoms with Crippen LogP contribution in [0.4, 0.5) is 0 Å². The highest BCUT2D eigenvalue weighted by Gasteiger charge is 2.32. The van der Waals surface area contributed by atoms with Gasteiger partial charge >= 0.3 is 0 Å². The maximum atomic E-state index is 6.28. The Balaban J connectivity index is 2.85. The third-order valence-electron chi connectivity index (χ3n) is 3.49. The summed E-state index contributed by atoms with van der Waals surface area (Å²) < 4.78 is -0.809. The van der Waals surface area contributed by atoms with Crippen LogP contribution in [0, 0.1) is 0 Å². The minimum absolute atomic E-state index is 0.152. The first-order chi connectivity index (χ1) is 10.2. The molecule has 0 spiro atoms. The average Bonchev–Trinajstić information content (AvgIpc) is 2.46. The normalized spacial score (nSPS) is 12.0. The van der Waals surface area contributed by atoms with E-state index in [-0.39, 0.29) is 25.1 Å². The molecule has 126 valence electrons. The lowest BCUT2D eigenvalue weighted by Crippen LogP contribution is -2.13. The van der Waals surface area contributed by atoms with Crippen molar-refractivity contribution in [2.24, 2.45) is 0 Å². The van der Waals surface area contributed by atoms with Crippen LogP contribution in [0.5, 0.6) is 0 Å². The zero-order valence-electron chi connectivity index (χ0n) is 12.2. The first kappa shape index (κ1) is 21.4. The predicted molar refractivity (Wildman–Crippen MR) is 109 cm³/mol. The average molecular weight is 441 g/mol. The number of hydrogen-bond donors (Lipinski definition) is 2. The molecule has 7 heteroatoms. The van der Waals surface area contributed by atoms with E-state index in [4.69, 9.17) is 58.0 Å². The van der Waals surface area contributed by atoms with Gasteiger partial charge in [-0.2, -0.15) is 25.3 Å². The van der Waals surface area contributed by atoms with E-state index >= 15 is 0 Å². The molecule has 0 radical (unpaired) electrons. The Hall–Kier alpha value is 1.37. The number of benzene rings is 1. The minimum Gasteiger partial charge on any atom is -0.157 e. The van der Waals surface area contributed by atoms with E-state index in [2.05, 4.69) is 32.2 Å². The summed E-state index contributed by atoms with van der Waals surface area (Å²) in [4.78, 5) is 0. The van der Waals surface area contributed by atoms with Gasteiger partial charge in [0.25, 0.3) is 0 Å². The second kappa shape index (κ2) is 9.75. The van der Waals surface area contributed by atoms with Gasteiger partial charge in [0.2, 0.25) is 0 Å². The second-order valence-corrected chi connectivity index (χ2v) is 9.05. The maximum Gasteiger partial charge on any atom is 0.0832 e. The van der Waals surface area contributed by atoms with Crippen LogP contribution >= 0.6 is 83.3 Å². The molecule has 0 aliphatic carbocycles. The van der Waals surface area contributed by atoms with Gasteiger partial charge in [0.15, 0.2) is 0 Å². The first-order valence-electron chi connectivity index (χ1n) is 7.20. The Bertz CT molecular complexity index is 488. The summed E-state index contributed by atoms with van der Waals surface area (Å²) in [5, 5.41) is 1.04. The smallest absolute Gasteiger partial charge is 0.0832 e. The Labute approximate surface area is 169 Å². The molecule has 0 aromatic heterocycles. The van der Waals surface area contributed by atoms with E-state index in [1.807, 2.05) is 0 Å². The van der Waals surface area contributed by atoms with Crippen molar-refractivity contribution in [3.8, 4) is 0 Å². The molecule has 22 heavy (non-hydrogen) atoms. The minimum atomic E-state index is -0.809. The van der Waals surface area contributed by atoms with Gasteiger partial charge in [0, 0.05) is 5.56 Å². The fourth-order valence-corrected chi connectivity index (χ4v) is 4.72. The van der Waals surface area contributed by atoms with E-state index in [0.717, 1.165) is 12.8 Å². The molecule has 0 aliphatic heterocycles. The third-order valence-corrected chi connectivity index (χ3v) is 6.66. The van der Waals surface area contributed by atoms with Crippen LogP contribution < -0.4 is 0 Å². The van der Waals surface area contributed by atoms with Gasteiger partial charge in [-0.25, -0.2) is 0 Å². The van der Waals surface area contributed by atoms with Crippen molar-refractivity contribution < 1.29 is 0 Å². The molecule has 0 atom stereocenters. The molecule has 0 fully saturated rings. The zero-order chi connectivity index (χ0) is 16.9. The molecule has 0 heterocycles. The Kier molecular flexibility index (Phi) is 9.49. The van der Waals surface area contributed by atoms with Crippen LogP contribution in [0.1, 0.15) is 57.4 Å². The number of hydrogen-bond acceptors (Lipinski definition) is 2. The number of unbranched alkanes of at least 4 members (excludes halogenated alkanes) is 5. The summed E-state index contributed by atoms with van der Waals surface area (Å²) in [5.74, 6) is 0. The van der Waals surface area contributed by atoms with Gasteiger partial charge in [-0.15, -0.1) is 0 Å². The quantitative estimate of drug-likeness (QED) is 0.130. The monoisotopic (exact) mass is 438 g/mol. The SMILES string of the molecule is CCCCCCCCC(S)(S)c1c(Cl)c(Cl)c(Cl)c(Cl)c1Cl. The van der Waals surface area contributed by atoms with Crippen molar-refractivity contribution >= 4 is 83.3 Å². The summed E-state index contributed by atoms with van der Waals surface area (Å²) in [6.45, 7) is 2.20. The molecule has 0 nitrogen and oxygen atoms in total. The fraction of sp³-hybridized carbons (Fsp3) is 0.600. The molecule has 1 aromatic carbocycles. The van der Waals surface area contributed by atoms with Gasteiger partial charge in [0.05, 0.1) is 29.2 Å². The van der Waals surface area contributed by atoms with E-state index in [9.17, 15) is 0 Å². The zero-order valence-corrected chi connectivity index (χ0v) is 17.8. The maximum absolute atomic E-state index is 6.28. The molecular weight excluding hydrogens is 422 g/mol. The molecule has 0 unspecified atom stereocenters. The van der Waals surface area contributed by atoms with Gasteiger partial charge in [-0.1, -0.05) is 103 Å². The van der Waals surface area contributed by atoms with E-state index < -0.39 is 4.08 Å². The lowest BCUT2D eigenvalue weighted by molar-refractivity contribution is 0.578. The van der Waals surface area contributed by atoms with E-state index in [1.165, 1.54) is 25.7 Å². The lowest BCUT2D eigenvalue weighted by atomic mass is 10.0. The fourth-order valence-electron chi connectivity index (χ4n) is 2.23. The highest BCUT2D eigenvalue weighted by atomic mass is 35.5. The van der Waals surface area contributed by atoms with Crippen molar-refractivity contribution in [1.82, 2.24) is 0 Å². The van der Waals surface area contributed by atoms with Crippen molar-refractivity contribution in [1.29, 1.82) is 0 Å². The summed E-state index contributed by atoms with van der Waals surface area (Å²) in [6, 6.07) is 0. The standard InChI is InChI=1S/C15H19Cl5S2/c1-2-3-4-5-6-7-8-15(21,22)9-10(16)12(18)14(20)13(19)11(9)17/h21-22H,2-8H2,1H3. The predicted octanol–water partition coefficient (Wildman–Crippen LogP) is 8.72. The number of halogens is 5. The van der Waals surface area contributed by atoms with E-state index in [0.29, 0.717) is 12.0 Å². The van der Waals surface area contributed by atoms with Crippen molar-refractivity contribution in [2.45, 2.75) is 55.9 Å². The molecule has 0 amide bonds. The van der Waals surface area contributed by atoms with Crippen LogP contribution in [0.2, 0.25) is 25.1 Å². The van der Waals surface area contributed by atoms with Crippen LogP contribution in [0.3, 0.4) is 0 Å². The first-order valence-corrected chi connectivity index (χ1v) is 9.99. The summed E-state index contributed by atoms with van der Waals surface area (Å²) >= 11 is 40.0. The Morgan fingerprint density at radius 1 is 0.682 bits per heavy atom. The van der Waals surface area contributed by atoms with Crippen molar-refractivity contribution in [2.75, 3.05) is 0 Å². The highest BCUT2D eigenvalue weighted by molar-refractivity contribution is 7.99. The van der Waals surface area contributed by atoms with Crippen LogP contribution in [-0.4, -0.2) is 0 Å². The molecule has 0 saturated carbocycles. The molecular formula is C15H19Cl5S2. The number of rotatable bonds is 8. The Morgan fingerprint density at radius 2 is 1.09 bits per heavy atom. The highest BCUT2D eigenvalue weighted by Crippen LogP contribution is 2.52. The third kappa shape index (κ3) is 5.44. The van der Waals surface area contributed by atoms with Gasteiger partial charge < -0.3 is 0 Å². The largest absolute Gasteiger partial charge is 0.157 e. The molecule has 0 aliphatic rings. The van der Waals surface area contributed by atoms with Crippen LogP contribution in [0.25, 0.3) is 0 Å². The van der Waals surface area contributed by atoms with Crippen molar-refractivity contribution in [3.05, 3.63) is 30.7 Å². The topological polar surface area (TPSA) is 0 Å². The lowest BCUT2D eigenvalue weighted by Gasteiger charge is -2.27.